The van der Waals surface area contributed by atoms with E-state index in [1.807, 2.05) is 0 Å². The average Bonchev–Trinajstić information content (AvgIpc) is 2.35. The minimum atomic E-state index is -0.251. The second-order valence-corrected chi connectivity index (χ2v) is 3.93. The molecule has 1 amide bonds. The van der Waals surface area contributed by atoms with Gasteiger partial charge in [0, 0.05) is 26.1 Å². The number of hydrogen-bond acceptors (Lipinski definition) is 5. The summed E-state index contributed by atoms with van der Waals surface area (Å²) in [7, 11) is 1.36. The van der Waals surface area contributed by atoms with Crippen LogP contribution in [0.4, 0.5) is 0 Å². The highest BCUT2D eigenvalue weighted by atomic mass is 16.5. The highest BCUT2D eigenvalue weighted by molar-refractivity contribution is 5.76. The van der Waals surface area contributed by atoms with Gasteiger partial charge in [0.2, 0.25) is 5.91 Å². The molecule has 0 spiro atoms. The van der Waals surface area contributed by atoms with Crippen LogP contribution in [0.1, 0.15) is 19.3 Å². The Morgan fingerprint density at radius 2 is 2.35 bits per heavy atom. The van der Waals surface area contributed by atoms with Gasteiger partial charge < -0.3 is 20.1 Å². The van der Waals surface area contributed by atoms with Crippen molar-refractivity contribution in [2.45, 2.75) is 25.4 Å². The standard InChI is InChI=1S/C11H20N2O4/c1-16-11(15)3-2-4-13-10(14)7-9-8-12-5-6-17-9/h9,12H,2-8H2,1H3,(H,13,14). The highest BCUT2D eigenvalue weighted by Gasteiger charge is 2.16. The third-order valence-electron chi connectivity index (χ3n) is 2.52. The monoisotopic (exact) mass is 244 g/mol. The van der Waals surface area contributed by atoms with E-state index in [1.165, 1.54) is 7.11 Å². The van der Waals surface area contributed by atoms with Crippen LogP contribution in [0.5, 0.6) is 0 Å². The summed E-state index contributed by atoms with van der Waals surface area (Å²) in [6.45, 7) is 2.71. The number of carbonyl (C=O) groups is 2. The topological polar surface area (TPSA) is 76.7 Å². The summed E-state index contributed by atoms with van der Waals surface area (Å²) in [5.74, 6) is -0.289. The highest BCUT2D eigenvalue weighted by Crippen LogP contribution is 2.01. The van der Waals surface area contributed by atoms with Gasteiger partial charge in [0.25, 0.3) is 0 Å². The lowest BCUT2D eigenvalue weighted by Gasteiger charge is -2.22. The molecule has 0 aromatic rings. The maximum absolute atomic E-state index is 11.5. The minimum absolute atomic E-state index is 0.0376. The SMILES string of the molecule is COC(=O)CCCNC(=O)CC1CNCCO1. The number of rotatable bonds is 6. The van der Waals surface area contributed by atoms with Gasteiger partial charge >= 0.3 is 5.97 Å². The molecule has 98 valence electrons. The molecule has 1 heterocycles. The molecule has 6 nitrogen and oxygen atoms in total. The molecule has 0 radical (unpaired) electrons. The Morgan fingerprint density at radius 3 is 3.00 bits per heavy atom. The van der Waals surface area contributed by atoms with Crippen LogP contribution in [0.25, 0.3) is 0 Å². The number of carbonyl (C=O) groups excluding carboxylic acids is 2. The van der Waals surface area contributed by atoms with Gasteiger partial charge in [-0.15, -0.1) is 0 Å². The molecular formula is C11H20N2O4. The Morgan fingerprint density at radius 1 is 1.53 bits per heavy atom. The Labute approximate surface area is 101 Å². The average molecular weight is 244 g/mol. The Balaban J connectivity index is 2.02. The number of hydrogen-bond donors (Lipinski definition) is 2. The molecule has 1 unspecified atom stereocenters. The first kappa shape index (κ1) is 13.9. The lowest BCUT2D eigenvalue weighted by molar-refractivity contribution is -0.140. The Kier molecular flexibility index (Phi) is 6.57. The van der Waals surface area contributed by atoms with Crippen LogP contribution in [-0.4, -0.2) is 51.3 Å². The first-order valence-corrected chi connectivity index (χ1v) is 5.88. The summed E-state index contributed by atoms with van der Waals surface area (Å²) in [6.07, 6.45) is 1.26. The van der Waals surface area contributed by atoms with Gasteiger partial charge in [0.15, 0.2) is 0 Å². The van der Waals surface area contributed by atoms with Crippen molar-refractivity contribution < 1.29 is 19.1 Å². The van der Waals surface area contributed by atoms with E-state index in [-0.39, 0.29) is 18.0 Å². The van der Waals surface area contributed by atoms with Crippen LogP contribution in [-0.2, 0) is 19.1 Å². The van der Waals surface area contributed by atoms with Crippen molar-refractivity contribution in [2.75, 3.05) is 33.4 Å². The smallest absolute Gasteiger partial charge is 0.305 e. The van der Waals surface area contributed by atoms with E-state index in [4.69, 9.17) is 4.74 Å². The van der Waals surface area contributed by atoms with Crippen molar-refractivity contribution in [3.8, 4) is 0 Å². The number of ether oxygens (including phenoxy) is 2. The van der Waals surface area contributed by atoms with Gasteiger partial charge in [0.1, 0.15) is 0 Å². The molecule has 1 saturated heterocycles. The summed E-state index contributed by atoms with van der Waals surface area (Å²) in [5.41, 5.74) is 0. The zero-order chi connectivity index (χ0) is 12.5. The van der Waals surface area contributed by atoms with Crippen LogP contribution in [0.2, 0.25) is 0 Å². The quantitative estimate of drug-likeness (QED) is 0.483. The summed E-state index contributed by atoms with van der Waals surface area (Å²) < 4.78 is 9.91. The summed E-state index contributed by atoms with van der Waals surface area (Å²) >= 11 is 0. The normalized spacial score (nSPS) is 19.7. The predicted molar refractivity (Wildman–Crippen MR) is 61.5 cm³/mol. The summed E-state index contributed by atoms with van der Waals surface area (Å²) in [4.78, 5) is 22.3. The van der Waals surface area contributed by atoms with Crippen LogP contribution in [0, 0.1) is 0 Å². The van der Waals surface area contributed by atoms with Crippen LogP contribution in [0.15, 0.2) is 0 Å². The molecule has 0 bridgehead atoms. The van der Waals surface area contributed by atoms with E-state index < -0.39 is 0 Å². The van der Waals surface area contributed by atoms with Gasteiger partial charge in [-0.1, -0.05) is 0 Å². The molecule has 2 N–H and O–H groups in total. The molecule has 0 aliphatic carbocycles. The molecule has 17 heavy (non-hydrogen) atoms. The van der Waals surface area contributed by atoms with Crippen molar-refractivity contribution in [3.63, 3.8) is 0 Å². The molecule has 1 atom stereocenters. The van der Waals surface area contributed by atoms with E-state index in [1.54, 1.807) is 0 Å². The Hall–Kier alpha value is -1.14. The van der Waals surface area contributed by atoms with E-state index >= 15 is 0 Å². The fourth-order valence-corrected chi connectivity index (χ4v) is 1.59. The van der Waals surface area contributed by atoms with Crippen molar-refractivity contribution in [1.29, 1.82) is 0 Å². The molecule has 1 aliphatic rings. The van der Waals surface area contributed by atoms with E-state index in [2.05, 4.69) is 15.4 Å². The van der Waals surface area contributed by atoms with E-state index in [0.717, 1.165) is 13.1 Å². The van der Waals surface area contributed by atoms with Crippen molar-refractivity contribution in [1.82, 2.24) is 10.6 Å². The van der Waals surface area contributed by atoms with Gasteiger partial charge in [-0.25, -0.2) is 0 Å². The first-order chi connectivity index (χ1) is 8.22. The molecule has 0 saturated carbocycles. The zero-order valence-electron chi connectivity index (χ0n) is 10.2. The summed E-state index contributed by atoms with van der Waals surface area (Å²) in [6, 6.07) is 0. The van der Waals surface area contributed by atoms with Gasteiger partial charge in [-0.3, -0.25) is 9.59 Å². The van der Waals surface area contributed by atoms with Gasteiger partial charge in [-0.2, -0.15) is 0 Å². The molecule has 1 aliphatic heterocycles. The molecular weight excluding hydrogens is 224 g/mol. The van der Waals surface area contributed by atoms with Crippen LogP contribution >= 0.6 is 0 Å². The number of esters is 1. The second-order valence-electron chi connectivity index (χ2n) is 3.93. The maximum Gasteiger partial charge on any atom is 0.305 e. The largest absolute Gasteiger partial charge is 0.469 e. The first-order valence-electron chi connectivity index (χ1n) is 5.88. The Bertz CT molecular complexity index is 252. The maximum atomic E-state index is 11.5. The molecule has 0 aromatic carbocycles. The lowest BCUT2D eigenvalue weighted by atomic mass is 10.2. The molecule has 1 fully saturated rings. The summed E-state index contributed by atoms with van der Waals surface area (Å²) in [5, 5.41) is 5.92. The van der Waals surface area contributed by atoms with Crippen LogP contribution in [0.3, 0.4) is 0 Å². The van der Waals surface area contributed by atoms with Gasteiger partial charge in [-0.05, 0) is 6.42 Å². The van der Waals surface area contributed by atoms with Crippen molar-refractivity contribution in [2.24, 2.45) is 0 Å². The molecule has 1 rings (SSSR count). The lowest BCUT2D eigenvalue weighted by Crippen LogP contribution is -2.41. The van der Waals surface area contributed by atoms with Crippen LogP contribution < -0.4 is 10.6 Å². The van der Waals surface area contributed by atoms with E-state index in [0.29, 0.717) is 32.4 Å². The third kappa shape index (κ3) is 6.23. The molecule has 6 heteroatoms. The van der Waals surface area contributed by atoms with Crippen molar-refractivity contribution in [3.05, 3.63) is 0 Å². The minimum Gasteiger partial charge on any atom is -0.469 e. The predicted octanol–water partition coefficient (Wildman–Crippen LogP) is -0.566. The number of methoxy groups -OCH3 is 1. The van der Waals surface area contributed by atoms with Gasteiger partial charge in [0.05, 0.1) is 26.2 Å². The second kappa shape index (κ2) is 8.03. The fourth-order valence-electron chi connectivity index (χ4n) is 1.59. The fraction of sp³-hybridized carbons (Fsp3) is 0.818. The van der Waals surface area contributed by atoms with Crippen molar-refractivity contribution >= 4 is 11.9 Å². The third-order valence-corrected chi connectivity index (χ3v) is 2.52. The van der Waals surface area contributed by atoms with E-state index in [9.17, 15) is 9.59 Å². The number of nitrogens with one attached hydrogen (secondary N) is 2. The number of amides is 1. The number of morpholine rings is 1. The molecule has 0 aromatic heterocycles. The zero-order valence-corrected chi connectivity index (χ0v) is 10.2.